The number of hydrogen-bond donors (Lipinski definition) is 1. The number of carbonyl (C=O) groups is 1. The normalized spacial score (nSPS) is 10.5. The number of nitrogens with zero attached hydrogens (tertiary/aromatic N) is 1. The lowest BCUT2D eigenvalue weighted by atomic mass is 10.1. The van der Waals surface area contributed by atoms with Crippen LogP contribution >= 0.6 is 15.9 Å². The summed E-state index contributed by atoms with van der Waals surface area (Å²) in [5.74, 6) is -1.73. The van der Waals surface area contributed by atoms with E-state index in [1.165, 1.54) is 7.11 Å². The van der Waals surface area contributed by atoms with Crippen LogP contribution in [-0.4, -0.2) is 23.2 Å². The van der Waals surface area contributed by atoms with Crippen molar-refractivity contribution in [1.29, 1.82) is 0 Å². The van der Waals surface area contributed by atoms with Gasteiger partial charge in [0.2, 0.25) is 0 Å². The molecule has 4 nitrogen and oxygen atoms in total. The minimum Gasteiger partial charge on any atom is -0.493 e. The summed E-state index contributed by atoms with van der Waals surface area (Å²) in [6.07, 6.45) is -2.08. The van der Waals surface area contributed by atoms with Crippen LogP contribution in [0.15, 0.2) is 10.8 Å². The highest BCUT2D eigenvalue weighted by atomic mass is 79.9. The number of aromatic carboxylic acids is 1. The summed E-state index contributed by atoms with van der Waals surface area (Å²) >= 11 is 2.90. The van der Waals surface area contributed by atoms with E-state index in [4.69, 9.17) is 5.11 Å². The quantitative estimate of drug-likeness (QED) is 0.865. The van der Waals surface area contributed by atoms with Crippen molar-refractivity contribution in [3.05, 3.63) is 21.9 Å². The van der Waals surface area contributed by atoms with Gasteiger partial charge in [0.15, 0.2) is 5.75 Å². The number of methoxy groups -OCH3 is 1. The molecule has 82 valence electrons. The number of aromatic nitrogens is 1. The first kappa shape index (κ1) is 11.8. The number of carboxylic acids is 1. The molecule has 0 aliphatic heterocycles. The van der Waals surface area contributed by atoms with Crippen molar-refractivity contribution in [2.75, 3.05) is 7.11 Å². The first-order chi connectivity index (χ1) is 6.99. The van der Waals surface area contributed by atoms with E-state index in [0.717, 1.165) is 6.20 Å². The Morgan fingerprint density at radius 2 is 2.27 bits per heavy atom. The Balaban J connectivity index is 3.49. The molecular formula is C8H6BrF2NO3. The molecule has 0 atom stereocenters. The molecule has 0 unspecified atom stereocenters. The summed E-state index contributed by atoms with van der Waals surface area (Å²) in [5.41, 5.74) is -1.24. The highest BCUT2D eigenvalue weighted by Crippen LogP contribution is 2.36. The van der Waals surface area contributed by atoms with Crippen LogP contribution in [0.5, 0.6) is 5.75 Å². The van der Waals surface area contributed by atoms with Gasteiger partial charge in [-0.3, -0.25) is 0 Å². The Morgan fingerprint density at radius 1 is 1.67 bits per heavy atom. The van der Waals surface area contributed by atoms with E-state index in [2.05, 4.69) is 25.7 Å². The summed E-state index contributed by atoms with van der Waals surface area (Å²) in [6, 6.07) is 0. The Kier molecular flexibility index (Phi) is 3.57. The van der Waals surface area contributed by atoms with Gasteiger partial charge in [0.25, 0.3) is 6.43 Å². The van der Waals surface area contributed by atoms with Crippen LogP contribution in [0.2, 0.25) is 0 Å². The van der Waals surface area contributed by atoms with Crippen molar-refractivity contribution in [2.24, 2.45) is 0 Å². The van der Waals surface area contributed by atoms with Crippen LogP contribution in [0.25, 0.3) is 0 Å². The lowest BCUT2D eigenvalue weighted by Crippen LogP contribution is -2.07. The topological polar surface area (TPSA) is 59.4 Å². The van der Waals surface area contributed by atoms with Gasteiger partial charge in [-0.25, -0.2) is 18.6 Å². The van der Waals surface area contributed by atoms with Gasteiger partial charge in [-0.15, -0.1) is 0 Å². The zero-order chi connectivity index (χ0) is 11.6. The molecule has 0 aliphatic rings. The summed E-state index contributed by atoms with van der Waals surface area (Å²) in [7, 11) is 1.17. The third kappa shape index (κ3) is 2.23. The maximum Gasteiger partial charge on any atom is 0.337 e. The lowest BCUT2D eigenvalue weighted by molar-refractivity contribution is 0.0682. The van der Waals surface area contributed by atoms with Crippen molar-refractivity contribution in [1.82, 2.24) is 4.98 Å². The van der Waals surface area contributed by atoms with E-state index >= 15 is 0 Å². The van der Waals surface area contributed by atoms with Crippen molar-refractivity contribution in [2.45, 2.75) is 6.43 Å². The van der Waals surface area contributed by atoms with Gasteiger partial charge >= 0.3 is 5.97 Å². The molecule has 0 amide bonds. The number of hydrogen-bond acceptors (Lipinski definition) is 3. The fraction of sp³-hybridized carbons (Fsp3) is 0.250. The van der Waals surface area contributed by atoms with Gasteiger partial charge in [0, 0.05) is 6.20 Å². The lowest BCUT2D eigenvalue weighted by Gasteiger charge is -2.11. The molecule has 1 aromatic heterocycles. The standard InChI is InChI=1S/C8H6BrF2NO3/c1-15-5-4(7(10)11)3(8(13)14)2-12-6(5)9/h2,7H,1H3,(H,13,14). The molecule has 1 N–H and O–H groups in total. The van der Waals surface area contributed by atoms with Crippen LogP contribution in [0, 0.1) is 0 Å². The van der Waals surface area contributed by atoms with E-state index in [-0.39, 0.29) is 10.4 Å². The molecule has 1 rings (SSSR count). The number of halogens is 3. The van der Waals surface area contributed by atoms with Gasteiger partial charge < -0.3 is 9.84 Å². The summed E-state index contributed by atoms with van der Waals surface area (Å²) in [4.78, 5) is 14.3. The van der Waals surface area contributed by atoms with Crippen molar-refractivity contribution in [3.63, 3.8) is 0 Å². The number of carboxylic acid groups (broad SMARTS) is 1. The molecule has 0 aliphatic carbocycles. The number of rotatable bonds is 3. The van der Waals surface area contributed by atoms with E-state index in [1.54, 1.807) is 0 Å². The average molecular weight is 282 g/mol. The molecule has 1 aromatic rings. The predicted molar refractivity (Wildman–Crippen MR) is 50.4 cm³/mol. The van der Waals surface area contributed by atoms with Crippen molar-refractivity contribution >= 4 is 21.9 Å². The molecule has 0 fully saturated rings. The minimum atomic E-state index is -2.94. The maximum atomic E-state index is 12.6. The van der Waals surface area contributed by atoms with Gasteiger partial charge in [-0.05, 0) is 15.9 Å². The molecule has 0 saturated carbocycles. The van der Waals surface area contributed by atoms with Crippen LogP contribution in [0.3, 0.4) is 0 Å². The van der Waals surface area contributed by atoms with Gasteiger partial charge in [-0.2, -0.15) is 0 Å². The third-order valence-corrected chi connectivity index (χ3v) is 2.25. The minimum absolute atomic E-state index is 0.0466. The summed E-state index contributed by atoms with van der Waals surface area (Å²) in [5, 5.41) is 8.68. The molecule has 7 heteroatoms. The van der Waals surface area contributed by atoms with Crippen LogP contribution in [-0.2, 0) is 0 Å². The second-order valence-electron chi connectivity index (χ2n) is 2.52. The van der Waals surface area contributed by atoms with Gasteiger partial charge in [-0.1, -0.05) is 0 Å². The first-order valence-corrected chi connectivity index (χ1v) is 4.52. The molecule has 1 heterocycles. The van der Waals surface area contributed by atoms with Crippen molar-refractivity contribution in [3.8, 4) is 5.75 Å². The zero-order valence-electron chi connectivity index (χ0n) is 7.50. The Bertz CT molecular complexity index is 398. The zero-order valence-corrected chi connectivity index (χ0v) is 9.09. The van der Waals surface area contributed by atoms with E-state index in [1.807, 2.05) is 0 Å². The van der Waals surface area contributed by atoms with E-state index in [0.29, 0.717) is 0 Å². The van der Waals surface area contributed by atoms with Crippen LogP contribution < -0.4 is 4.74 Å². The first-order valence-electron chi connectivity index (χ1n) is 3.72. The number of alkyl halides is 2. The maximum absolute atomic E-state index is 12.6. The Labute approximate surface area is 92.0 Å². The molecular weight excluding hydrogens is 276 g/mol. The molecule has 0 bridgehead atoms. The third-order valence-electron chi connectivity index (χ3n) is 1.68. The van der Waals surface area contributed by atoms with Crippen LogP contribution in [0.4, 0.5) is 8.78 Å². The average Bonchev–Trinajstić information content (AvgIpc) is 2.16. The SMILES string of the molecule is COc1c(Br)ncc(C(=O)O)c1C(F)F. The molecule has 0 radical (unpaired) electrons. The fourth-order valence-electron chi connectivity index (χ4n) is 1.06. The fourth-order valence-corrected chi connectivity index (χ4v) is 1.54. The Morgan fingerprint density at radius 3 is 2.67 bits per heavy atom. The second-order valence-corrected chi connectivity index (χ2v) is 3.27. The largest absolute Gasteiger partial charge is 0.493 e. The Hall–Kier alpha value is -1.24. The molecule has 15 heavy (non-hydrogen) atoms. The molecule has 0 spiro atoms. The highest BCUT2D eigenvalue weighted by molar-refractivity contribution is 9.10. The number of pyridine rings is 1. The highest BCUT2D eigenvalue weighted by Gasteiger charge is 2.25. The summed E-state index contributed by atoms with van der Waals surface area (Å²) < 4.78 is 30.0. The van der Waals surface area contributed by atoms with Gasteiger partial charge in [0.1, 0.15) is 4.60 Å². The molecule has 0 saturated heterocycles. The summed E-state index contributed by atoms with van der Waals surface area (Å²) in [6.45, 7) is 0. The van der Waals surface area contributed by atoms with Crippen molar-refractivity contribution < 1.29 is 23.4 Å². The smallest absolute Gasteiger partial charge is 0.337 e. The number of ether oxygens (including phenoxy) is 1. The predicted octanol–water partition coefficient (Wildman–Crippen LogP) is 2.49. The monoisotopic (exact) mass is 281 g/mol. The second kappa shape index (κ2) is 4.52. The van der Waals surface area contributed by atoms with E-state index < -0.39 is 23.5 Å². The van der Waals surface area contributed by atoms with Gasteiger partial charge in [0.05, 0.1) is 18.2 Å². The van der Waals surface area contributed by atoms with E-state index in [9.17, 15) is 13.6 Å². The molecule has 0 aromatic carbocycles. The van der Waals surface area contributed by atoms with Crippen LogP contribution in [0.1, 0.15) is 22.3 Å².